The van der Waals surface area contributed by atoms with Crippen LogP contribution in [0.3, 0.4) is 0 Å². The molecule has 0 amide bonds. The molecule has 3 fully saturated rings. The molecule has 4 heteroatoms. The Bertz CT molecular complexity index is 416. The predicted molar refractivity (Wildman–Crippen MR) is 70.0 cm³/mol. The topological polar surface area (TPSA) is 12.5 Å². The smallest absolute Gasteiger partial charge is 0.139 e. The van der Waals surface area contributed by atoms with Crippen molar-refractivity contribution in [2.24, 2.45) is 5.92 Å². The van der Waals surface area contributed by atoms with Gasteiger partial charge in [-0.15, -0.1) is 0 Å². The second-order valence-electron chi connectivity index (χ2n) is 4.85. The van der Waals surface area contributed by atoms with Crippen LogP contribution in [0, 0.1) is 5.92 Å². The summed E-state index contributed by atoms with van der Waals surface area (Å²) in [7, 11) is 0. The highest BCUT2D eigenvalue weighted by Crippen LogP contribution is 2.36. The Hall–Kier alpha value is -0.440. The van der Waals surface area contributed by atoms with Gasteiger partial charge in [-0.1, -0.05) is 29.3 Å². The first kappa shape index (κ1) is 11.6. The van der Waals surface area contributed by atoms with Crippen LogP contribution in [-0.4, -0.2) is 30.6 Å². The molecule has 1 atom stereocenters. The third-order valence-corrected chi connectivity index (χ3v) is 4.59. The zero-order valence-corrected chi connectivity index (χ0v) is 11.0. The molecule has 1 aromatic rings. The summed E-state index contributed by atoms with van der Waals surface area (Å²) in [5.74, 6) is 1.40. The van der Waals surface area contributed by atoms with Crippen LogP contribution >= 0.6 is 23.2 Å². The minimum absolute atomic E-state index is 0.272. The molecule has 0 N–H and O–H groups in total. The molecule has 17 heavy (non-hydrogen) atoms. The maximum absolute atomic E-state index is 6.14. The molecule has 0 unspecified atom stereocenters. The molecular weight excluding hydrogens is 257 g/mol. The maximum Gasteiger partial charge on any atom is 0.139 e. The van der Waals surface area contributed by atoms with Gasteiger partial charge in [0.05, 0.1) is 5.02 Å². The van der Waals surface area contributed by atoms with Crippen molar-refractivity contribution in [3.05, 3.63) is 28.2 Å². The summed E-state index contributed by atoms with van der Waals surface area (Å²) in [5, 5.41) is 1.09. The standard InChI is InChI=1S/C13H15Cl2NO/c14-10-2-1-3-11(13(10)15)17-12-8-16-6-4-9(12)5-7-16/h1-3,9,12H,4-8H2/t12-/m0/s1. The fourth-order valence-electron chi connectivity index (χ4n) is 2.78. The van der Waals surface area contributed by atoms with E-state index in [1.165, 1.54) is 25.9 Å². The lowest BCUT2D eigenvalue weighted by Gasteiger charge is -2.44. The van der Waals surface area contributed by atoms with Crippen LogP contribution in [0.4, 0.5) is 0 Å². The molecule has 3 aliphatic heterocycles. The number of rotatable bonds is 2. The quantitative estimate of drug-likeness (QED) is 0.817. The Balaban J connectivity index is 1.76. The Morgan fingerprint density at radius 3 is 2.59 bits per heavy atom. The van der Waals surface area contributed by atoms with E-state index < -0.39 is 0 Å². The summed E-state index contributed by atoms with van der Waals surface area (Å²) in [4.78, 5) is 2.46. The molecule has 4 rings (SSSR count). The third-order valence-electron chi connectivity index (χ3n) is 3.79. The summed E-state index contributed by atoms with van der Waals surface area (Å²) < 4.78 is 6.04. The van der Waals surface area contributed by atoms with Gasteiger partial charge in [0.25, 0.3) is 0 Å². The molecule has 0 aromatic heterocycles. The van der Waals surface area contributed by atoms with Crippen molar-refractivity contribution in [1.29, 1.82) is 0 Å². The summed E-state index contributed by atoms with van der Waals surface area (Å²) in [6.07, 6.45) is 2.75. The van der Waals surface area contributed by atoms with Gasteiger partial charge in [-0.25, -0.2) is 0 Å². The van der Waals surface area contributed by atoms with E-state index in [0.29, 0.717) is 16.0 Å². The molecule has 0 spiro atoms. The lowest BCUT2D eigenvalue weighted by atomic mass is 9.86. The molecule has 3 saturated heterocycles. The molecule has 2 bridgehead atoms. The minimum atomic E-state index is 0.272. The summed E-state index contributed by atoms with van der Waals surface area (Å²) in [6.45, 7) is 3.45. The highest BCUT2D eigenvalue weighted by Gasteiger charge is 2.35. The van der Waals surface area contributed by atoms with Gasteiger partial charge >= 0.3 is 0 Å². The number of ether oxygens (including phenoxy) is 1. The Kier molecular flexibility index (Phi) is 3.20. The summed E-state index contributed by atoms with van der Waals surface area (Å²) >= 11 is 12.1. The summed E-state index contributed by atoms with van der Waals surface area (Å²) in [6, 6.07) is 5.56. The molecule has 0 aliphatic carbocycles. The SMILES string of the molecule is Clc1cccc(O[C@H]2CN3CCC2CC3)c1Cl. The number of piperidine rings is 3. The van der Waals surface area contributed by atoms with Gasteiger partial charge in [0, 0.05) is 6.54 Å². The average Bonchev–Trinajstić information content (AvgIpc) is 2.36. The van der Waals surface area contributed by atoms with Crippen LogP contribution in [-0.2, 0) is 0 Å². The maximum atomic E-state index is 6.14. The summed E-state index contributed by atoms with van der Waals surface area (Å²) in [5.41, 5.74) is 0. The van der Waals surface area contributed by atoms with Crippen molar-refractivity contribution in [3.8, 4) is 5.75 Å². The highest BCUT2D eigenvalue weighted by molar-refractivity contribution is 6.42. The van der Waals surface area contributed by atoms with Gasteiger partial charge in [0.2, 0.25) is 0 Å². The third kappa shape index (κ3) is 2.26. The Morgan fingerprint density at radius 1 is 1.18 bits per heavy atom. The van der Waals surface area contributed by atoms with E-state index in [2.05, 4.69) is 4.90 Å². The normalized spacial score (nSPS) is 31.5. The fraction of sp³-hybridized carbons (Fsp3) is 0.538. The zero-order chi connectivity index (χ0) is 11.8. The van der Waals surface area contributed by atoms with Crippen molar-refractivity contribution in [1.82, 2.24) is 4.90 Å². The first-order chi connectivity index (χ1) is 8.24. The molecule has 0 saturated carbocycles. The Morgan fingerprint density at radius 2 is 1.94 bits per heavy atom. The zero-order valence-electron chi connectivity index (χ0n) is 9.53. The van der Waals surface area contributed by atoms with E-state index in [9.17, 15) is 0 Å². The van der Waals surface area contributed by atoms with Crippen molar-refractivity contribution in [2.45, 2.75) is 18.9 Å². The van der Waals surface area contributed by atoms with Crippen LogP contribution in [0.25, 0.3) is 0 Å². The van der Waals surface area contributed by atoms with Gasteiger partial charge in [-0.2, -0.15) is 0 Å². The Labute approximate surface area is 111 Å². The second kappa shape index (κ2) is 4.68. The number of hydrogen-bond acceptors (Lipinski definition) is 2. The molecule has 92 valence electrons. The van der Waals surface area contributed by atoms with Crippen molar-refractivity contribution in [3.63, 3.8) is 0 Å². The van der Waals surface area contributed by atoms with E-state index >= 15 is 0 Å². The highest BCUT2D eigenvalue weighted by atomic mass is 35.5. The van der Waals surface area contributed by atoms with Gasteiger partial charge in [-0.3, -0.25) is 4.90 Å². The number of fused-ring (bicyclic) bond motifs is 3. The van der Waals surface area contributed by atoms with Crippen LogP contribution in [0.5, 0.6) is 5.75 Å². The predicted octanol–water partition coefficient (Wildman–Crippen LogP) is 3.47. The van der Waals surface area contributed by atoms with Gasteiger partial charge in [0.15, 0.2) is 0 Å². The van der Waals surface area contributed by atoms with E-state index in [1.807, 2.05) is 12.1 Å². The molecule has 3 heterocycles. The largest absolute Gasteiger partial charge is 0.487 e. The average molecular weight is 272 g/mol. The van der Waals surface area contributed by atoms with Gasteiger partial charge < -0.3 is 4.74 Å². The van der Waals surface area contributed by atoms with Gasteiger partial charge in [-0.05, 0) is 44.0 Å². The first-order valence-electron chi connectivity index (χ1n) is 6.07. The van der Waals surface area contributed by atoms with Crippen LogP contribution in [0.15, 0.2) is 18.2 Å². The first-order valence-corrected chi connectivity index (χ1v) is 6.82. The lowest BCUT2D eigenvalue weighted by molar-refractivity contribution is -0.00770. The number of benzene rings is 1. The van der Waals surface area contributed by atoms with E-state index in [1.54, 1.807) is 6.07 Å². The number of hydrogen-bond donors (Lipinski definition) is 0. The minimum Gasteiger partial charge on any atom is -0.487 e. The van der Waals surface area contributed by atoms with E-state index in [0.717, 1.165) is 12.3 Å². The van der Waals surface area contributed by atoms with Crippen molar-refractivity contribution in [2.75, 3.05) is 19.6 Å². The van der Waals surface area contributed by atoms with Crippen LogP contribution in [0.2, 0.25) is 10.0 Å². The van der Waals surface area contributed by atoms with E-state index in [4.69, 9.17) is 27.9 Å². The van der Waals surface area contributed by atoms with Crippen molar-refractivity contribution >= 4 is 23.2 Å². The molecule has 1 aromatic carbocycles. The number of halogens is 2. The van der Waals surface area contributed by atoms with Gasteiger partial charge in [0.1, 0.15) is 16.9 Å². The van der Waals surface area contributed by atoms with Crippen molar-refractivity contribution < 1.29 is 4.74 Å². The van der Waals surface area contributed by atoms with E-state index in [-0.39, 0.29) is 6.10 Å². The monoisotopic (exact) mass is 271 g/mol. The molecule has 2 nitrogen and oxygen atoms in total. The molecule has 3 aliphatic rings. The second-order valence-corrected chi connectivity index (χ2v) is 5.63. The lowest BCUT2D eigenvalue weighted by Crippen LogP contribution is -2.52. The van der Waals surface area contributed by atoms with Crippen LogP contribution < -0.4 is 4.74 Å². The molecule has 0 radical (unpaired) electrons. The molecular formula is C13H15Cl2NO. The number of nitrogens with zero attached hydrogens (tertiary/aromatic N) is 1. The fourth-order valence-corrected chi connectivity index (χ4v) is 3.12. The van der Waals surface area contributed by atoms with Crippen LogP contribution in [0.1, 0.15) is 12.8 Å².